The van der Waals surface area contributed by atoms with Crippen molar-refractivity contribution in [1.29, 1.82) is 0 Å². The minimum absolute atomic E-state index is 0.0217. The lowest BCUT2D eigenvalue weighted by molar-refractivity contribution is 0.0941. The van der Waals surface area contributed by atoms with Crippen LogP contribution in [-0.2, 0) is 10.0 Å². The van der Waals surface area contributed by atoms with E-state index >= 15 is 0 Å². The standard InChI is InChI=1S/C13H16ClN3O3S/c1-2-3-6-21(19,20)17-16-13(18)12-8-9-7-10(14)4-5-11(9)15-12/h4-5,7-8,15,17H,2-3,6H2,1H3,(H,16,18). The van der Waals surface area contributed by atoms with Gasteiger partial charge in [-0.05, 0) is 30.7 Å². The van der Waals surface area contributed by atoms with Gasteiger partial charge in [-0.1, -0.05) is 24.9 Å². The van der Waals surface area contributed by atoms with Crippen LogP contribution in [0.1, 0.15) is 30.3 Å². The van der Waals surface area contributed by atoms with Crippen LogP contribution in [-0.4, -0.2) is 25.1 Å². The number of carbonyl (C=O) groups excluding carboxylic acids is 1. The molecule has 1 heterocycles. The number of hydrogen-bond donors (Lipinski definition) is 3. The molecule has 0 aliphatic rings. The second-order valence-corrected chi connectivity index (χ2v) is 6.92. The Morgan fingerprint density at radius 2 is 2.10 bits per heavy atom. The molecule has 21 heavy (non-hydrogen) atoms. The lowest BCUT2D eigenvalue weighted by Gasteiger charge is -2.06. The molecule has 1 aromatic carbocycles. The van der Waals surface area contributed by atoms with Gasteiger partial charge < -0.3 is 4.98 Å². The fourth-order valence-corrected chi connectivity index (χ4v) is 3.00. The third-order valence-corrected chi connectivity index (χ3v) is 4.39. The summed E-state index contributed by atoms with van der Waals surface area (Å²) in [5, 5.41) is 1.34. The summed E-state index contributed by atoms with van der Waals surface area (Å²) < 4.78 is 23.2. The number of nitrogens with one attached hydrogen (secondary N) is 3. The lowest BCUT2D eigenvalue weighted by atomic mass is 10.2. The summed E-state index contributed by atoms with van der Waals surface area (Å²) in [6, 6.07) is 6.78. The highest BCUT2D eigenvalue weighted by atomic mass is 35.5. The number of benzene rings is 1. The summed E-state index contributed by atoms with van der Waals surface area (Å²) >= 11 is 5.87. The molecule has 2 aromatic rings. The van der Waals surface area contributed by atoms with Gasteiger partial charge in [-0.25, -0.2) is 8.42 Å². The largest absolute Gasteiger partial charge is 0.350 e. The highest BCUT2D eigenvalue weighted by Gasteiger charge is 2.14. The van der Waals surface area contributed by atoms with Crippen LogP contribution >= 0.6 is 11.6 Å². The minimum atomic E-state index is -3.50. The van der Waals surface area contributed by atoms with Crippen LogP contribution in [0.5, 0.6) is 0 Å². The molecule has 0 unspecified atom stereocenters. The smallest absolute Gasteiger partial charge is 0.282 e. The molecule has 6 nitrogen and oxygen atoms in total. The van der Waals surface area contributed by atoms with Gasteiger partial charge in [0.2, 0.25) is 10.0 Å². The quantitative estimate of drug-likeness (QED) is 0.709. The third kappa shape index (κ3) is 4.20. The summed E-state index contributed by atoms with van der Waals surface area (Å²) in [6.45, 7) is 1.89. The van der Waals surface area contributed by atoms with Gasteiger partial charge in [-0.3, -0.25) is 10.2 Å². The molecule has 0 atom stereocenters. The first kappa shape index (κ1) is 15.8. The topological polar surface area (TPSA) is 91.1 Å². The number of hydrazine groups is 1. The van der Waals surface area contributed by atoms with Crippen LogP contribution in [0, 0.1) is 0 Å². The number of aromatic amines is 1. The molecule has 0 saturated carbocycles. The van der Waals surface area contributed by atoms with Crippen molar-refractivity contribution in [2.45, 2.75) is 19.8 Å². The number of hydrogen-bond acceptors (Lipinski definition) is 3. The zero-order valence-corrected chi connectivity index (χ0v) is 13.0. The Balaban J connectivity index is 2.05. The minimum Gasteiger partial charge on any atom is -0.350 e. The Kier molecular flexibility index (Phi) is 4.87. The van der Waals surface area contributed by atoms with Gasteiger partial charge in [0.05, 0.1) is 5.75 Å². The molecular formula is C13H16ClN3O3S. The predicted molar refractivity (Wildman–Crippen MR) is 82.6 cm³/mol. The maximum Gasteiger partial charge on any atom is 0.282 e. The second kappa shape index (κ2) is 6.46. The average Bonchev–Trinajstić information content (AvgIpc) is 2.85. The Morgan fingerprint density at radius 3 is 2.81 bits per heavy atom. The van der Waals surface area contributed by atoms with E-state index in [-0.39, 0.29) is 11.4 Å². The molecule has 1 amide bonds. The molecule has 1 aromatic heterocycles. The van der Waals surface area contributed by atoms with E-state index in [1.807, 2.05) is 6.92 Å². The van der Waals surface area contributed by atoms with Crippen molar-refractivity contribution in [3.63, 3.8) is 0 Å². The molecule has 0 saturated heterocycles. The fraction of sp³-hybridized carbons (Fsp3) is 0.308. The molecule has 0 bridgehead atoms. The van der Waals surface area contributed by atoms with E-state index in [4.69, 9.17) is 11.6 Å². The number of sulfonamides is 1. The highest BCUT2D eigenvalue weighted by molar-refractivity contribution is 7.89. The van der Waals surface area contributed by atoms with Gasteiger partial charge in [-0.2, -0.15) is 0 Å². The van der Waals surface area contributed by atoms with E-state index in [0.29, 0.717) is 11.4 Å². The molecular weight excluding hydrogens is 314 g/mol. The molecule has 8 heteroatoms. The molecule has 0 spiro atoms. The van der Waals surface area contributed by atoms with Crippen molar-refractivity contribution in [3.05, 3.63) is 35.0 Å². The number of fused-ring (bicyclic) bond motifs is 1. The number of carbonyl (C=O) groups is 1. The van der Waals surface area contributed by atoms with Crippen LogP contribution in [0.3, 0.4) is 0 Å². The van der Waals surface area contributed by atoms with Crippen LogP contribution in [0.25, 0.3) is 10.9 Å². The van der Waals surface area contributed by atoms with Crippen molar-refractivity contribution >= 4 is 38.4 Å². The van der Waals surface area contributed by atoms with E-state index < -0.39 is 15.9 Å². The van der Waals surface area contributed by atoms with Crippen LogP contribution < -0.4 is 10.3 Å². The van der Waals surface area contributed by atoms with Crippen LogP contribution in [0.15, 0.2) is 24.3 Å². The van der Waals surface area contributed by atoms with Crippen molar-refractivity contribution < 1.29 is 13.2 Å². The van der Waals surface area contributed by atoms with Crippen molar-refractivity contribution in [2.24, 2.45) is 0 Å². The molecule has 0 fully saturated rings. The SMILES string of the molecule is CCCCS(=O)(=O)NNC(=O)c1cc2cc(Cl)ccc2[nH]1. The molecule has 0 radical (unpaired) electrons. The summed E-state index contributed by atoms with van der Waals surface area (Å²) in [5.41, 5.74) is 3.19. The maximum atomic E-state index is 11.9. The van der Waals surface area contributed by atoms with Crippen molar-refractivity contribution in [3.8, 4) is 0 Å². The van der Waals surface area contributed by atoms with Gasteiger partial charge in [0.25, 0.3) is 5.91 Å². The lowest BCUT2D eigenvalue weighted by Crippen LogP contribution is -2.42. The third-order valence-electron chi connectivity index (χ3n) is 2.91. The van der Waals surface area contributed by atoms with Gasteiger partial charge in [-0.15, -0.1) is 4.83 Å². The van der Waals surface area contributed by atoms with Crippen LogP contribution in [0.2, 0.25) is 5.02 Å². The fourth-order valence-electron chi connectivity index (χ4n) is 1.80. The zero-order chi connectivity index (χ0) is 15.5. The predicted octanol–water partition coefficient (Wildman–Crippen LogP) is 2.19. The summed E-state index contributed by atoms with van der Waals surface area (Å²) in [5.74, 6) is -0.575. The molecule has 3 N–H and O–H groups in total. The number of aromatic nitrogens is 1. The van der Waals surface area contributed by atoms with E-state index in [0.717, 1.165) is 17.3 Å². The monoisotopic (exact) mass is 329 g/mol. The normalized spacial score (nSPS) is 11.7. The van der Waals surface area contributed by atoms with Gasteiger partial charge in [0.15, 0.2) is 0 Å². The summed E-state index contributed by atoms with van der Waals surface area (Å²) in [7, 11) is -3.50. The molecule has 0 aliphatic carbocycles. The number of halogens is 1. The van der Waals surface area contributed by atoms with E-state index in [1.165, 1.54) is 0 Å². The van der Waals surface area contributed by atoms with E-state index in [2.05, 4.69) is 15.2 Å². The first-order valence-electron chi connectivity index (χ1n) is 6.49. The first-order chi connectivity index (χ1) is 9.91. The number of unbranched alkanes of at least 4 members (excludes halogenated alkanes) is 1. The maximum absolute atomic E-state index is 11.9. The first-order valence-corrected chi connectivity index (χ1v) is 8.52. The Labute approximate surface area is 127 Å². The average molecular weight is 330 g/mol. The summed E-state index contributed by atoms with van der Waals surface area (Å²) in [6.07, 6.45) is 1.30. The Morgan fingerprint density at radius 1 is 1.33 bits per heavy atom. The second-order valence-electron chi connectivity index (χ2n) is 4.64. The van der Waals surface area contributed by atoms with Gasteiger partial charge >= 0.3 is 0 Å². The zero-order valence-electron chi connectivity index (χ0n) is 11.4. The van der Waals surface area contributed by atoms with Crippen molar-refractivity contribution in [2.75, 3.05) is 5.75 Å². The van der Waals surface area contributed by atoms with Gasteiger partial charge in [0, 0.05) is 15.9 Å². The number of rotatable bonds is 6. The van der Waals surface area contributed by atoms with Gasteiger partial charge in [0.1, 0.15) is 5.69 Å². The Bertz CT molecular complexity index is 755. The van der Waals surface area contributed by atoms with E-state index in [1.54, 1.807) is 24.3 Å². The highest BCUT2D eigenvalue weighted by Crippen LogP contribution is 2.19. The molecule has 114 valence electrons. The summed E-state index contributed by atoms with van der Waals surface area (Å²) in [4.78, 5) is 16.9. The van der Waals surface area contributed by atoms with Crippen molar-refractivity contribution in [1.82, 2.24) is 15.2 Å². The molecule has 0 aliphatic heterocycles. The van der Waals surface area contributed by atoms with Crippen LogP contribution in [0.4, 0.5) is 0 Å². The number of H-pyrrole nitrogens is 1. The molecule has 2 rings (SSSR count). The van der Waals surface area contributed by atoms with E-state index in [9.17, 15) is 13.2 Å². The Hall–Kier alpha value is -1.57. The number of amides is 1.